The van der Waals surface area contributed by atoms with Gasteiger partial charge in [0, 0.05) is 26.2 Å². The SMILES string of the molecule is COCCC1(CNC(=O)Nc2cnc(C3CC3)nc2)CCCC1. The zero-order valence-electron chi connectivity index (χ0n) is 13.8. The molecule has 0 radical (unpaired) electrons. The van der Waals surface area contributed by atoms with E-state index < -0.39 is 0 Å². The van der Waals surface area contributed by atoms with Crippen molar-refractivity contribution in [1.82, 2.24) is 15.3 Å². The van der Waals surface area contributed by atoms with E-state index in [0.29, 0.717) is 18.2 Å². The Morgan fingerprint density at radius 3 is 2.61 bits per heavy atom. The summed E-state index contributed by atoms with van der Waals surface area (Å²) in [6.07, 6.45) is 11.5. The van der Waals surface area contributed by atoms with Gasteiger partial charge in [-0.1, -0.05) is 12.8 Å². The molecule has 0 aromatic carbocycles. The minimum absolute atomic E-state index is 0.184. The molecule has 0 unspecified atom stereocenters. The molecule has 2 fully saturated rings. The van der Waals surface area contributed by atoms with Crippen molar-refractivity contribution in [1.29, 1.82) is 0 Å². The summed E-state index contributed by atoms with van der Waals surface area (Å²) in [5.41, 5.74) is 0.837. The van der Waals surface area contributed by atoms with Crippen LogP contribution in [0.1, 0.15) is 56.7 Å². The quantitative estimate of drug-likeness (QED) is 0.810. The number of rotatable bonds is 7. The summed E-state index contributed by atoms with van der Waals surface area (Å²) in [4.78, 5) is 20.7. The molecule has 1 aromatic rings. The fourth-order valence-corrected chi connectivity index (χ4v) is 3.36. The lowest BCUT2D eigenvalue weighted by Gasteiger charge is -2.29. The Morgan fingerprint density at radius 1 is 1.30 bits per heavy atom. The lowest BCUT2D eigenvalue weighted by atomic mass is 9.83. The molecule has 2 N–H and O–H groups in total. The maximum Gasteiger partial charge on any atom is 0.319 e. The van der Waals surface area contributed by atoms with Crippen LogP contribution in [0.15, 0.2) is 12.4 Å². The minimum atomic E-state index is -0.184. The number of hydrogen-bond acceptors (Lipinski definition) is 4. The van der Waals surface area contributed by atoms with Crippen LogP contribution in [0.2, 0.25) is 0 Å². The standard InChI is InChI=1S/C17H26N4O2/c1-23-9-8-17(6-2-3-7-17)12-20-16(22)21-14-10-18-15(19-11-14)13-4-5-13/h10-11,13H,2-9,12H2,1H3,(H2,20,21,22). The highest BCUT2D eigenvalue weighted by Crippen LogP contribution is 2.40. The molecule has 2 amide bonds. The van der Waals surface area contributed by atoms with Crippen LogP contribution in [-0.2, 0) is 4.74 Å². The zero-order valence-corrected chi connectivity index (χ0v) is 13.8. The number of amides is 2. The number of carbonyl (C=O) groups is 1. The number of nitrogens with one attached hydrogen (secondary N) is 2. The number of anilines is 1. The molecule has 6 nitrogen and oxygen atoms in total. The maximum atomic E-state index is 12.1. The van der Waals surface area contributed by atoms with E-state index >= 15 is 0 Å². The van der Waals surface area contributed by atoms with Crippen molar-refractivity contribution >= 4 is 11.7 Å². The van der Waals surface area contributed by atoms with Crippen LogP contribution in [0.25, 0.3) is 0 Å². The van der Waals surface area contributed by atoms with E-state index in [1.54, 1.807) is 19.5 Å². The summed E-state index contributed by atoms with van der Waals surface area (Å²) in [5.74, 6) is 1.42. The van der Waals surface area contributed by atoms with E-state index in [-0.39, 0.29) is 11.4 Å². The Bertz CT molecular complexity index is 522. The molecule has 3 rings (SSSR count). The van der Waals surface area contributed by atoms with E-state index in [9.17, 15) is 4.79 Å². The van der Waals surface area contributed by atoms with Gasteiger partial charge in [0.2, 0.25) is 0 Å². The van der Waals surface area contributed by atoms with Crippen molar-refractivity contribution in [3.63, 3.8) is 0 Å². The van der Waals surface area contributed by atoms with Crippen molar-refractivity contribution in [3.8, 4) is 0 Å². The molecule has 0 bridgehead atoms. The first-order valence-corrected chi connectivity index (χ1v) is 8.56. The Morgan fingerprint density at radius 2 is 2.00 bits per heavy atom. The molecule has 1 aromatic heterocycles. The highest BCUT2D eigenvalue weighted by Gasteiger charge is 2.33. The van der Waals surface area contributed by atoms with E-state index in [0.717, 1.165) is 31.7 Å². The molecular formula is C17H26N4O2. The number of aromatic nitrogens is 2. The first-order chi connectivity index (χ1) is 11.2. The number of nitrogens with zero attached hydrogens (tertiary/aromatic N) is 2. The number of hydrogen-bond donors (Lipinski definition) is 2. The van der Waals surface area contributed by atoms with Crippen LogP contribution >= 0.6 is 0 Å². The summed E-state index contributed by atoms with van der Waals surface area (Å²) in [5, 5.41) is 5.83. The van der Waals surface area contributed by atoms with Crippen molar-refractivity contribution in [3.05, 3.63) is 18.2 Å². The predicted octanol–water partition coefficient (Wildman–Crippen LogP) is 3.07. The molecule has 0 aliphatic heterocycles. The maximum absolute atomic E-state index is 12.1. The van der Waals surface area contributed by atoms with Gasteiger partial charge < -0.3 is 15.4 Å². The molecule has 2 aliphatic rings. The highest BCUT2D eigenvalue weighted by molar-refractivity contribution is 5.88. The van der Waals surface area contributed by atoms with Crippen LogP contribution in [0.4, 0.5) is 10.5 Å². The average Bonchev–Trinajstić information content (AvgIpc) is 3.31. The second kappa shape index (κ2) is 7.25. The molecular weight excluding hydrogens is 292 g/mol. The lowest BCUT2D eigenvalue weighted by molar-refractivity contribution is 0.136. The molecule has 126 valence electrons. The van der Waals surface area contributed by atoms with Gasteiger partial charge in [-0.15, -0.1) is 0 Å². The van der Waals surface area contributed by atoms with Crippen LogP contribution in [0.5, 0.6) is 0 Å². The van der Waals surface area contributed by atoms with Crippen LogP contribution in [0, 0.1) is 5.41 Å². The third-order valence-corrected chi connectivity index (χ3v) is 5.00. The molecule has 23 heavy (non-hydrogen) atoms. The van der Waals surface area contributed by atoms with Crippen molar-refractivity contribution in [2.45, 2.75) is 50.9 Å². The summed E-state index contributed by atoms with van der Waals surface area (Å²) in [6, 6.07) is -0.184. The van der Waals surface area contributed by atoms with Crippen LogP contribution in [-0.4, -0.2) is 36.3 Å². The highest BCUT2D eigenvalue weighted by atomic mass is 16.5. The first kappa shape index (κ1) is 16.2. The summed E-state index contributed by atoms with van der Waals surface area (Å²) < 4.78 is 5.22. The van der Waals surface area contributed by atoms with E-state index in [2.05, 4.69) is 20.6 Å². The molecule has 6 heteroatoms. The van der Waals surface area contributed by atoms with E-state index in [4.69, 9.17) is 4.74 Å². The number of methoxy groups -OCH3 is 1. The van der Waals surface area contributed by atoms with Gasteiger partial charge in [0.1, 0.15) is 5.82 Å². The van der Waals surface area contributed by atoms with Gasteiger partial charge in [-0.25, -0.2) is 14.8 Å². The number of carbonyl (C=O) groups excluding carboxylic acids is 1. The summed E-state index contributed by atoms with van der Waals surface area (Å²) in [6.45, 7) is 1.45. The smallest absolute Gasteiger partial charge is 0.319 e. The van der Waals surface area contributed by atoms with Crippen LogP contribution in [0.3, 0.4) is 0 Å². The first-order valence-electron chi connectivity index (χ1n) is 8.56. The molecule has 0 saturated heterocycles. The van der Waals surface area contributed by atoms with Crippen LogP contribution < -0.4 is 10.6 Å². The van der Waals surface area contributed by atoms with Crippen molar-refractivity contribution in [2.75, 3.05) is 25.6 Å². The van der Waals surface area contributed by atoms with E-state index in [1.165, 1.54) is 25.7 Å². The minimum Gasteiger partial charge on any atom is -0.385 e. The van der Waals surface area contributed by atoms with Gasteiger partial charge >= 0.3 is 6.03 Å². The molecule has 2 saturated carbocycles. The van der Waals surface area contributed by atoms with Gasteiger partial charge in [-0.05, 0) is 37.5 Å². The van der Waals surface area contributed by atoms with Crippen molar-refractivity contribution in [2.24, 2.45) is 5.41 Å². The lowest BCUT2D eigenvalue weighted by Crippen LogP contribution is -2.39. The predicted molar refractivity (Wildman–Crippen MR) is 88.4 cm³/mol. The van der Waals surface area contributed by atoms with E-state index in [1.807, 2.05) is 0 Å². The Balaban J connectivity index is 1.48. The molecule has 0 atom stereocenters. The molecule has 1 heterocycles. The summed E-state index contributed by atoms with van der Waals surface area (Å²) >= 11 is 0. The second-order valence-corrected chi connectivity index (χ2v) is 6.86. The monoisotopic (exact) mass is 318 g/mol. The fraction of sp³-hybridized carbons (Fsp3) is 0.706. The topological polar surface area (TPSA) is 76.1 Å². The van der Waals surface area contributed by atoms with Gasteiger partial charge in [-0.3, -0.25) is 0 Å². The largest absolute Gasteiger partial charge is 0.385 e. The molecule has 2 aliphatic carbocycles. The van der Waals surface area contributed by atoms with Gasteiger partial charge in [0.05, 0.1) is 18.1 Å². The fourth-order valence-electron chi connectivity index (χ4n) is 3.36. The normalized spacial score (nSPS) is 19.5. The van der Waals surface area contributed by atoms with Gasteiger partial charge in [0.25, 0.3) is 0 Å². The van der Waals surface area contributed by atoms with Crippen molar-refractivity contribution < 1.29 is 9.53 Å². The zero-order chi connectivity index (χ0) is 16.1. The number of ether oxygens (including phenoxy) is 1. The van der Waals surface area contributed by atoms with Gasteiger partial charge in [0.15, 0.2) is 0 Å². The third-order valence-electron chi connectivity index (χ3n) is 5.00. The third kappa shape index (κ3) is 4.41. The Hall–Kier alpha value is -1.69. The second-order valence-electron chi connectivity index (χ2n) is 6.86. The molecule has 0 spiro atoms. The Labute approximate surface area is 137 Å². The average molecular weight is 318 g/mol. The number of urea groups is 1. The Kier molecular flexibility index (Phi) is 5.10. The summed E-state index contributed by atoms with van der Waals surface area (Å²) in [7, 11) is 1.73. The van der Waals surface area contributed by atoms with Gasteiger partial charge in [-0.2, -0.15) is 0 Å².